The number of rotatable bonds is 9. The maximum absolute atomic E-state index is 13.6. The number of nitrogens with zero attached hydrogens (tertiary/aromatic N) is 1. The normalized spacial score (nSPS) is 17.3. The van der Waals surface area contributed by atoms with Crippen LogP contribution in [0.4, 0.5) is 4.39 Å². The number of benzene rings is 2. The molecule has 6 nitrogen and oxygen atoms in total. The van der Waals surface area contributed by atoms with Crippen LogP contribution >= 0.6 is 24.0 Å². The lowest BCUT2D eigenvalue weighted by molar-refractivity contribution is 0.182. The predicted molar refractivity (Wildman–Crippen MR) is 134 cm³/mol. The van der Waals surface area contributed by atoms with Crippen LogP contribution in [-0.2, 0) is 22.9 Å². The molecule has 4 rings (SSSR count). The van der Waals surface area contributed by atoms with E-state index < -0.39 is 15.8 Å². The van der Waals surface area contributed by atoms with E-state index in [0.29, 0.717) is 19.0 Å². The van der Waals surface area contributed by atoms with Crippen molar-refractivity contribution < 1.29 is 22.3 Å². The van der Waals surface area contributed by atoms with Gasteiger partial charge >= 0.3 is 0 Å². The molecule has 10 heteroatoms. The molecule has 1 N–H and O–H groups in total. The van der Waals surface area contributed by atoms with E-state index in [1.807, 2.05) is 0 Å². The summed E-state index contributed by atoms with van der Waals surface area (Å²) in [6, 6.07) is 4.80. The van der Waals surface area contributed by atoms with E-state index in [1.165, 1.54) is 29.7 Å². The third-order valence-electron chi connectivity index (χ3n) is 6.68. The fourth-order valence-corrected chi connectivity index (χ4v) is 6.72. The van der Waals surface area contributed by atoms with Crippen LogP contribution in [0, 0.1) is 12.7 Å². The van der Waals surface area contributed by atoms with Gasteiger partial charge in [0.2, 0.25) is 10.0 Å². The number of sulfonamides is 1. The smallest absolute Gasteiger partial charge is 0.242 e. The van der Waals surface area contributed by atoms with Gasteiger partial charge in [-0.1, -0.05) is 11.6 Å². The molecule has 0 saturated carbocycles. The Bertz CT molecular complexity index is 1160. The van der Waals surface area contributed by atoms with Gasteiger partial charge in [0, 0.05) is 24.7 Å². The molecule has 0 aromatic heterocycles. The molecule has 0 amide bonds. The minimum atomic E-state index is -3.78. The molecule has 0 bridgehead atoms. The monoisotopic (exact) mass is 532 g/mol. The van der Waals surface area contributed by atoms with E-state index in [2.05, 4.69) is 15.7 Å². The van der Waals surface area contributed by atoms with E-state index >= 15 is 0 Å². The van der Waals surface area contributed by atoms with Crippen molar-refractivity contribution in [2.24, 2.45) is 0 Å². The number of halogens is 3. The lowest BCUT2D eigenvalue weighted by atomic mass is 9.92. The van der Waals surface area contributed by atoms with Crippen molar-refractivity contribution in [2.75, 3.05) is 33.9 Å². The van der Waals surface area contributed by atoms with Crippen LogP contribution in [0.5, 0.6) is 11.5 Å². The lowest BCUT2D eigenvalue weighted by Gasteiger charge is -2.35. The molecule has 2 aromatic carbocycles. The molecule has 1 aliphatic heterocycles. The van der Waals surface area contributed by atoms with Crippen LogP contribution < -0.4 is 14.2 Å². The average molecular weight is 533 g/mol. The molecule has 1 atom stereocenters. The zero-order chi connectivity index (χ0) is 23.8. The lowest BCUT2D eigenvalue weighted by Crippen LogP contribution is -2.35. The number of hydrogen-bond donors (Lipinski definition) is 1. The summed E-state index contributed by atoms with van der Waals surface area (Å²) in [5.74, 6) is 1.14. The minimum absolute atomic E-state index is 0. The van der Waals surface area contributed by atoms with Crippen molar-refractivity contribution in [2.45, 2.75) is 50.0 Å². The zero-order valence-corrected chi connectivity index (χ0v) is 22.0. The highest BCUT2D eigenvalue weighted by Gasteiger charge is 2.36. The molecule has 0 radical (unpaired) electrons. The number of aryl methyl sites for hydroxylation is 1. The largest absolute Gasteiger partial charge is 0.493 e. The molecule has 34 heavy (non-hydrogen) atoms. The number of ether oxygens (including phenoxy) is 2. The molecule has 1 unspecified atom stereocenters. The first-order valence-corrected chi connectivity index (χ1v) is 13.1. The Labute approximate surface area is 212 Å². The second-order valence-electron chi connectivity index (χ2n) is 8.64. The summed E-state index contributed by atoms with van der Waals surface area (Å²) in [5, 5.41) is -0.110. The molecule has 188 valence electrons. The van der Waals surface area contributed by atoms with Gasteiger partial charge in [0.05, 0.1) is 19.2 Å². The molecule has 0 fully saturated rings. The predicted octanol–water partition coefficient (Wildman–Crippen LogP) is 4.83. The molecular weight excluding hydrogens is 502 g/mol. The van der Waals surface area contributed by atoms with E-state index in [9.17, 15) is 12.8 Å². The third-order valence-corrected chi connectivity index (χ3v) is 8.60. The Hall–Kier alpha value is -1.58. The highest BCUT2D eigenvalue weighted by atomic mass is 35.5. The van der Waals surface area contributed by atoms with Gasteiger partial charge in [-0.2, -0.15) is 0 Å². The number of nitrogens with one attached hydrogen (secondary N) is 1. The van der Waals surface area contributed by atoms with Crippen molar-refractivity contribution >= 4 is 34.0 Å². The summed E-state index contributed by atoms with van der Waals surface area (Å²) in [4.78, 5) is 2.41. The summed E-state index contributed by atoms with van der Waals surface area (Å²) in [6.45, 7) is 3.70. The summed E-state index contributed by atoms with van der Waals surface area (Å²) >= 11 is 5.96. The first-order chi connectivity index (χ1) is 15.8. The molecular formula is C24H31Cl2FN2O4S. The van der Waals surface area contributed by atoms with Gasteiger partial charge in [-0.05, 0) is 80.5 Å². The van der Waals surface area contributed by atoms with E-state index in [0.717, 1.165) is 56.3 Å². The molecule has 1 heterocycles. The van der Waals surface area contributed by atoms with Crippen LogP contribution in [0.1, 0.15) is 47.6 Å². The second kappa shape index (κ2) is 11.0. The fourth-order valence-electron chi connectivity index (χ4n) is 5.05. The molecule has 2 aromatic rings. The highest BCUT2D eigenvalue weighted by molar-refractivity contribution is 7.89. The summed E-state index contributed by atoms with van der Waals surface area (Å²) < 4.78 is 52.6. The SMILES string of the molecule is COc1cc2c3c(c1OC)CCC3N(CCCCNS(=O)(=O)c1cc(C)c(F)cc1Cl)CC2.Cl. The van der Waals surface area contributed by atoms with E-state index in [-0.39, 0.29) is 27.9 Å². The summed E-state index contributed by atoms with van der Waals surface area (Å²) in [5.41, 5.74) is 4.25. The van der Waals surface area contributed by atoms with Crippen LogP contribution in [-0.4, -0.2) is 47.2 Å². The number of unbranched alkanes of at least 4 members (excludes halogenated alkanes) is 1. The van der Waals surface area contributed by atoms with Crippen LogP contribution in [0.2, 0.25) is 5.02 Å². The van der Waals surface area contributed by atoms with E-state index in [1.54, 1.807) is 14.2 Å². The van der Waals surface area contributed by atoms with E-state index in [4.69, 9.17) is 21.1 Å². The van der Waals surface area contributed by atoms with Gasteiger partial charge in [0.15, 0.2) is 11.5 Å². The van der Waals surface area contributed by atoms with Crippen molar-refractivity contribution in [1.82, 2.24) is 9.62 Å². The molecule has 0 spiro atoms. The number of hydrogen-bond acceptors (Lipinski definition) is 5. The summed E-state index contributed by atoms with van der Waals surface area (Å²) in [6.07, 6.45) is 4.57. The molecule has 1 aliphatic carbocycles. The van der Waals surface area contributed by atoms with Gasteiger partial charge in [-0.15, -0.1) is 12.4 Å². The van der Waals surface area contributed by atoms with Gasteiger partial charge in [0.1, 0.15) is 10.7 Å². The Balaban J connectivity index is 0.00000324. The van der Waals surface area contributed by atoms with Crippen molar-refractivity contribution in [3.63, 3.8) is 0 Å². The Morgan fingerprint density at radius 1 is 1.18 bits per heavy atom. The topological polar surface area (TPSA) is 67.9 Å². The van der Waals surface area contributed by atoms with Crippen LogP contribution in [0.25, 0.3) is 0 Å². The zero-order valence-electron chi connectivity index (χ0n) is 19.6. The average Bonchev–Trinajstić information content (AvgIpc) is 3.23. The second-order valence-corrected chi connectivity index (χ2v) is 10.8. The van der Waals surface area contributed by atoms with Gasteiger partial charge in [0.25, 0.3) is 0 Å². The maximum Gasteiger partial charge on any atom is 0.242 e. The Morgan fingerprint density at radius 3 is 2.65 bits per heavy atom. The van der Waals surface area contributed by atoms with Crippen molar-refractivity contribution in [3.05, 3.63) is 51.3 Å². The van der Waals surface area contributed by atoms with Crippen LogP contribution in [0.15, 0.2) is 23.1 Å². The van der Waals surface area contributed by atoms with Crippen molar-refractivity contribution in [3.8, 4) is 11.5 Å². The highest BCUT2D eigenvalue weighted by Crippen LogP contribution is 2.48. The first kappa shape index (κ1) is 27.0. The van der Waals surface area contributed by atoms with Gasteiger partial charge in [-0.3, -0.25) is 4.90 Å². The van der Waals surface area contributed by atoms with Gasteiger partial charge in [-0.25, -0.2) is 17.5 Å². The standard InChI is InChI=1S/C24H30ClFN2O4S.ClH/c1-15-12-22(18(25)14-19(15)26)33(29,30)27-9-4-5-10-28-11-8-16-13-21(31-2)24(32-3)17-6-7-20(28)23(16)17;/h12-14,20,27H,4-11H2,1-3H3;1H. The number of methoxy groups -OCH3 is 2. The first-order valence-electron chi connectivity index (χ1n) is 11.2. The maximum atomic E-state index is 13.6. The Kier molecular flexibility index (Phi) is 8.74. The Morgan fingerprint density at radius 2 is 1.94 bits per heavy atom. The molecule has 2 aliphatic rings. The fraction of sp³-hybridized carbons (Fsp3) is 0.500. The quantitative estimate of drug-likeness (QED) is 0.468. The third kappa shape index (κ3) is 5.16. The minimum Gasteiger partial charge on any atom is -0.493 e. The van der Waals surface area contributed by atoms with Gasteiger partial charge < -0.3 is 9.47 Å². The van der Waals surface area contributed by atoms with Crippen molar-refractivity contribution in [1.29, 1.82) is 0 Å². The molecule has 0 saturated heterocycles. The van der Waals surface area contributed by atoms with Crippen LogP contribution in [0.3, 0.4) is 0 Å². The summed E-state index contributed by atoms with van der Waals surface area (Å²) in [7, 11) is -0.416.